The summed E-state index contributed by atoms with van der Waals surface area (Å²) in [5, 5.41) is 2.65. The number of amides is 2. The summed E-state index contributed by atoms with van der Waals surface area (Å²) in [5.41, 5.74) is 0. The Balaban J connectivity index is 2.56. The summed E-state index contributed by atoms with van der Waals surface area (Å²) in [5.74, 6) is 0.618. The monoisotopic (exact) mass is 226 g/mol. The van der Waals surface area contributed by atoms with Gasteiger partial charge in [0.25, 0.3) is 0 Å². The molecule has 0 aromatic heterocycles. The molecule has 0 aromatic carbocycles. The predicted octanol–water partition coefficient (Wildman–Crippen LogP) is 1.16. The standard InChI is InChI=1S/C12H22N2O2/c1-8(2)5-6-9(3)14-7-11(15)13-10(4)12(14)16/h8-10H,5-7H2,1-4H3,(H,13,15). The third-order valence-electron chi connectivity index (χ3n) is 3.04. The zero-order valence-electron chi connectivity index (χ0n) is 10.6. The van der Waals surface area contributed by atoms with Crippen molar-refractivity contribution in [3.05, 3.63) is 0 Å². The summed E-state index contributed by atoms with van der Waals surface area (Å²) < 4.78 is 0. The third-order valence-corrected chi connectivity index (χ3v) is 3.04. The minimum atomic E-state index is -0.372. The number of rotatable bonds is 4. The van der Waals surface area contributed by atoms with Crippen LogP contribution in [0.2, 0.25) is 0 Å². The number of piperazine rings is 1. The minimum Gasteiger partial charge on any atom is -0.343 e. The van der Waals surface area contributed by atoms with E-state index >= 15 is 0 Å². The van der Waals surface area contributed by atoms with Crippen molar-refractivity contribution >= 4 is 11.8 Å². The van der Waals surface area contributed by atoms with Gasteiger partial charge < -0.3 is 10.2 Å². The van der Waals surface area contributed by atoms with Crippen LogP contribution in [0, 0.1) is 5.92 Å². The molecule has 1 aliphatic rings. The largest absolute Gasteiger partial charge is 0.343 e. The number of nitrogens with zero attached hydrogens (tertiary/aromatic N) is 1. The van der Waals surface area contributed by atoms with Crippen LogP contribution in [0.15, 0.2) is 0 Å². The maximum absolute atomic E-state index is 11.9. The molecule has 0 bridgehead atoms. The van der Waals surface area contributed by atoms with E-state index in [1.165, 1.54) is 0 Å². The fraction of sp³-hybridized carbons (Fsp3) is 0.833. The third kappa shape index (κ3) is 3.22. The molecule has 4 heteroatoms. The van der Waals surface area contributed by atoms with Crippen molar-refractivity contribution in [1.29, 1.82) is 0 Å². The molecule has 16 heavy (non-hydrogen) atoms. The van der Waals surface area contributed by atoms with Crippen molar-refractivity contribution in [2.24, 2.45) is 5.92 Å². The van der Waals surface area contributed by atoms with Crippen molar-refractivity contribution in [3.8, 4) is 0 Å². The van der Waals surface area contributed by atoms with Crippen molar-refractivity contribution in [2.45, 2.75) is 52.6 Å². The van der Waals surface area contributed by atoms with Gasteiger partial charge in [0.15, 0.2) is 0 Å². The Morgan fingerprint density at radius 2 is 1.94 bits per heavy atom. The van der Waals surface area contributed by atoms with Gasteiger partial charge in [-0.25, -0.2) is 0 Å². The van der Waals surface area contributed by atoms with Crippen LogP contribution in [0.1, 0.15) is 40.5 Å². The van der Waals surface area contributed by atoms with Gasteiger partial charge in [-0.1, -0.05) is 13.8 Å². The molecule has 1 rings (SSSR count). The summed E-state index contributed by atoms with van der Waals surface area (Å²) in [4.78, 5) is 24.9. The molecule has 0 spiro atoms. The van der Waals surface area contributed by atoms with E-state index in [0.29, 0.717) is 5.92 Å². The Kier molecular flexibility index (Phi) is 4.33. The molecular formula is C12H22N2O2. The first-order valence-electron chi connectivity index (χ1n) is 6.01. The fourth-order valence-corrected chi connectivity index (χ4v) is 1.93. The van der Waals surface area contributed by atoms with Crippen molar-refractivity contribution < 1.29 is 9.59 Å². The van der Waals surface area contributed by atoms with Gasteiger partial charge in [-0.15, -0.1) is 0 Å². The zero-order chi connectivity index (χ0) is 12.3. The molecule has 1 fully saturated rings. The second kappa shape index (κ2) is 5.32. The second-order valence-corrected chi connectivity index (χ2v) is 5.08. The van der Waals surface area contributed by atoms with Crippen LogP contribution in [-0.2, 0) is 9.59 Å². The lowest BCUT2D eigenvalue weighted by Crippen LogP contribution is -2.59. The van der Waals surface area contributed by atoms with Crippen molar-refractivity contribution in [2.75, 3.05) is 6.54 Å². The number of hydrogen-bond donors (Lipinski definition) is 1. The van der Waals surface area contributed by atoms with E-state index in [1.54, 1.807) is 11.8 Å². The summed E-state index contributed by atoms with van der Waals surface area (Å²) >= 11 is 0. The highest BCUT2D eigenvalue weighted by Crippen LogP contribution is 2.14. The number of carbonyl (C=O) groups excluding carboxylic acids is 2. The van der Waals surface area contributed by atoms with Gasteiger partial charge in [0, 0.05) is 6.04 Å². The molecule has 0 saturated carbocycles. The molecule has 1 aliphatic heterocycles. The highest BCUT2D eigenvalue weighted by atomic mass is 16.2. The fourth-order valence-electron chi connectivity index (χ4n) is 1.93. The molecule has 0 aliphatic carbocycles. The van der Waals surface area contributed by atoms with Crippen LogP contribution in [0.4, 0.5) is 0 Å². The molecule has 2 atom stereocenters. The SMILES string of the molecule is CC(C)CCC(C)N1CC(=O)NC(C)C1=O. The van der Waals surface area contributed by atoms with E-state index < -0.39 is 0 Å². The van der Waals surface area contributed by atoms with E-state index in [1.807, 2.05) is 6.92 Å². The van der Waals surface area contributed by atoms with Crippen molar-refractivity contribution in [3.63, 3.8) is 0 Å². The number of nitrogens with one attached hydrogen (secondary N) is 1. The van der Waals surface area contributed by atoms with E-state index in [9.17, 15) is 9.59 Å². The highest BCUT2D eigenvalue weighted by molar-refractivity contribution is 5.94. The van der Waals surface area contributed by atoms with Gasteiger partial charge >= 0.3 is 0 Å². The molecule has 2 amide bonds. The molecule has 0 aromatic rings. The highest BCUT2D eigenvalue weighted by Gasteiger charge is 2.32. The predicted molar refractivity (Wildman–Crippen MR) is 62.9 cm³/mol. The average molecular weight is 226 g/mol. The van der Waals surface area contributed by atoms with Crippen molar-refractivity contribution in [1.82, 2.24) is 10.2 Å². The zero-order valence-corrected chi connectivity index (χ0v) is 10.6. The number of hydrogen-bond acceptors (Lipinski definition) is 2. The maximum atomic E-state index is 11.9. The van der Waals surface area contributed by atoms with E-state index in [2.05, 4.69) is 19.2 Å². The molecule has 1 saturated heterocycles. The molecule has 92 valence electrons. The van der Waals surface area contributed by atoms with E-state index in [4.69, 9.17) is 0 Å². The average Bonchev–Trinajstić information content (AvgIpc) is 2.19. The first-order chi connectivity index (χ1) is 7.41. The van der Waals surface area contributed by atoms with Gasteiger partial charge in [0.2, 0.25) is 11.8 Å². The molecule has 4 nitrogen and oxygen atoms in total. The summed E-state index contributed by atoms with van der Waals surface area (Å²) in [6.45, 7) is 8.30. The quantitative estimate of drug-likeness (QED) is 0.782. The Morgan fingerprint density at radius 3 is 2.50 bits per heavy atom. The Morgan fingerprint density at radius 1 is 1.31 bits per heavy atom. The molecule has 0 radical (unpaired) electrons. The van der Waals surface area contributed by atoms with Gasteiger partial charge in [-0.3, -0.25) is 9.59 Å². The van der Waals surface area contributed by atoms with Gasteiger partial charge in [-0.2, -0.15) is 0 Å². The second-order valence-electron chi connectivity index (χ2n) is 5.08. The number of carbonyl (C=O) groups is 2. The van der Waals surface area contributed by atoms with Gasteiger partial charge in [0.05, 0.1) is 6.54 Å². The topological polar surface area (TPSA) is 49.4 Å². The molecule has 1 heterocycles. The van der Waals surface area contributed by atoms with Crippen LogP contribution >= 0.6 is 0 Å². The summed E-state index contributed by atoms with van der Waals surface area (Å²) in [6.07, 6.45) is 2.05. The van der Waals surface area contributed by atoms with Crippen LogP contribution in [0.5, 0.6) is 0 Å². The van der Waals surface area contributed by atoms with Crippen LogP contribution in [0.25, 0.3) is 0 Å². The molecular weight excluding hydrogens is 204 g/mol. The molecule has 1 N–H and O–H groups in total. The lowest BCUT2D eigenvalue weighted by Gasteiger charge is -2.35. The normalized spacial score (nSPS) is 23.6. The van der Waals surface area contributed by atoms with Gasteiger partial charge in [-0.05, 0) is 32.6 Å². The first-order valence-corrected chi connectivity index (χ1v) is 6.01. The maximum Gasteiger partial charge on any atom is 0.245 e. The minimum absolute atomic E-state index is 0.0378. The van der Waals surface area contributed by atoms with Crippen LogP contribution in [-0.4, -0.2) is 35.3 Å². The van der Waals surface area contributed by atoms with Gasteiger partial charge in [0.1, 0.15) is 6.04 Å². The van der Waals surface area contributed by atoms with Crippen LogP contribution < -0.4 is 5.32 Å². The van der Waals surface area contributed by atoms with E-state index in [-0.39, 0.29) is 30.4 Å². The Labute approximate surface area is 97.4 Å². The Hall–Kier alpha value is -1.06. The summed E-state index contributed by atoms with van der Waals surface area (Å²) in [7, 11) is 0. The summed E-state index contributed by atoms with van der Waals surface area (Å²) in [6, 6.07) is -0.217. The van der Waals surface area contributed by atoms with E-state index in [0.717, 1.165) is 12.8 Å². The lowest BCUT2D eigenvalue weighted by molar-refractivity contribution is -0.145. The Bertz CT molecular complexity index is 276. The van der Waals surface area contributed by atoms with Crippen LogP contribution in [0.3, 0.4) is 0 Å². The smallest absolute Gasteiger partial charge is 0.245 e. The first kappa shape index (κ1) is 13.0. The molecule has 2 unspecified atom stereocenters. The lowest BCUT2D eigenvalue weighted by atomic mass is 10.0.